The monoisotopic (exact) mass is 343 g/mol. The summed E-state index contributed by atoms with van der Waals surface area (Å²) in [6.45, 7) is 1.98. The second kappa shape index (κ2) is 5.26. The van der Waals surface area contributed by atoms with Crippen molar-refractivity contribution in [2.75, 3.05) is 11.5 Å². The van der Waals surface area contributed by atoms with E-state index in [0.29, 0.717) is 16.3 Å². The molecule has 1 aromatic carbocycles. The smallest absolute Gasteiger partial charge is 0.263 e. The molecular weight excluding hydrogens is 330 g/mol. The highest BCUT2D eigenvalue weighted by Gasteiger charge is 2.30. The molecule has 1 aliphatic rings. The molecule has 7 heteroatoms. The quantitative estimate of drug-likeness (QED) is 0.912. The van der Waals surface area contributed by atoms with Gasteiger partial charge in [0.05, 0.1) is 16.5 Å². The van der Waals surface area contributed by atoms with Gasteiger partial charge in [-0.05, 0) is 25.0 Å². The standard InChI is InChI=1S/C14H14ClNO3S2/c1-8-2-3-10-11(6-8)20-13(12(10)15)14(17)16-9-4-5-21(18,19)7-9/h2-3,6,9H,4-5,7H2,1H3,(H,16,17). The molecule has 1 saturated heterocycles. The molecule has 21 heavy (non-hydrogen) atoms. The molecule has 0 radical (unpaired) electrons. The molecule has 2 aromatic rings. The molecule has 0 aliphatic carbocycles. The van der Waals surface area contributed by atoms with Crippen molar-refractivity contribution < 1.29 is 13.2 Å². The van der Waals surface area contributed by atoms with Crippen molar-refractivity contribution >= 4 is 48.8 Å². The Morgan fingerprint density at radius 2 is 2.19 bits per heavy atom. The highest BCUT2D eigenvalue weighted by Crippen LogP contribution is 2.35. The third-order valence-corrected chi connectivity index (χ3v) is 6.98. The van der Waals surface area contributed by atoms with Gasteiger partial charge in [-0.3, -0.25) is 4.79 Å². The Morgan fingerprint density at radius 1 is 1.43 bits per heavy atom. The Labute approximate surface area is 132 Å². The van der Waals surface area contributed by atoms with Crippen molar-refractivity contribution in [3.05, 3.63) is 33.7 Å². The largest absolute Gasteiger partial charge is 0.348 e. The number of amides is 1. The summed E-state index contributed by atoms with van der Waals surface area (Å²) in [5.41, 5.74) is 1.11. The van der Waals surface area contributed by atoms with Crippen LogP contribution in [-0.4, -0.2) is 31.9 Å². The molecule has 1 fully saturated rings. The summed E-state index contributed by atoms with van der Waals surface area (Å²) in [4.78, 5) is 12.8. The first-order valence-corrected chi connectivity index (χ1v) is 9.57. The second-order valence-electron chi connectivity index (χ2n) is 5.32. The summed E-state index contributed by atoms with van der Waals surface area (Å²) in [6.07, 6.45) is 0.468. The van der Waals surface area contributed by atoms with Crippen LogP contribution < -0.4 is 5.32 Å². The van der Waals surface area contributed by atoms with Gasteiger partial charge in [-0.15, -0.1) is 11.3 Å². The van der Waals surface area contributed by atoms with Crippen molar-refractivity contribution in [3.63, 3.8) is 0 Å². The lowest BCUT2D eigenvalue weighted by atomic mass is 10.2. The van der Waals surface area contributed by atoms with Gasteiger partial charge in [-0.1, -0.05) is 23.7 Å². The van der Waals surface area contributed by atoms with E-state index < -0.39 is 9.84 Å². The highest BCUT2D eigenvalue weighted by molar-refractivity contribution is 7.91. The molecule has 2 heterocycles. The fraction of sp³-hybridized carbons (Fsp3) is 0.357. The van der Waals surface area contributed by atoms with Crippen LogP contribution in [0, 0.1) is 6.92 Å². The van der Waals surface area contributed by atoms with Gasteiger partial charge in [-0.25, -0.2) is 8.42 Å². The van der Waals surface area contributed by atoms with Gasteiger partial charge >= 0.3 is 0 Å². The topological polar surface area (TPSA) is 63.2 Å². The number of aryl methyl sites for hydroxylation is 1. The summed E-state index contributed by atoms with van der Waals surface area (Å²) in [6, 6.07) is 5.53. The summed E-state index contributed by atoms with van der Waals surface area (Å²) < 4.78 is 23.8. The number of hydrogen-bond donors (Lipinski definition) is 1. The fourth-order valence-corrected chi connectivity index (χ4v) is 5.67. The summed E-state index contributed by atoms with van der Waals surface area (Å²) in [5.74, 6) is -0.140. The lowest BCUT2D eigenvalue weighted by molar-refractivity contribution is 0.0945. The average molecular weight is 344 g/mol. The third-order valence-electron chi connectivity index (χ3n) is 3.56. The minimum absolute atomic E-state index is 0.0142. The molecule has 1 aliphatic heterocycles. The Morgan fingerprint density at radius 3 is 2.86 bits per heavy atom. The van der Waals surface area contributed by atoms with E-state index in [0.717, 1.165) is 15.6 Å². The van der Waals surface area contributed by atoms with Crippen LogP contribution in [0.4, 0.5) is 0 Å². The molecule has 1 amide bonds. The zero-order valence-corrected chi connectivity index (χ0v) is 13.7. The molecule has 4 nitrogen and oxygen atoms in total. The van der Waals surface area contributed by atoms with Gasteiger partial charge in [0.25, 0.3) is 5.91 Å². The number of carbonyl (C=O) groups is 1. The molecule has 1 atom stereocenters. The number of rotatable bonds is 2. The van der Waals surface area contributed by atoms with Crippen molar-refractivity contribution in [3.8, 4) is 0 Å². The Bertz CT molecular complexity index is 826. The fourth-order valence-electron chi connectivity index (χ4n) is 2.48. The number of thiophene rings is 1. The number of benzene rings is 1. The number of halogens is 1. The van der Waals surface area contributed by atoms with Crippen molar-refractivity contribution in [2.24, 2.45) is 0 Å². The van der Waals surface area contributed by atoms with Crippen LogP contribution in [0.2, 0.25) is 5.02 Å². The van der Waals surface area contributed by atoms with Crippen LogP contribution in [0.1, 0.15) is 21.7 Å². The molecule has 1 aromatic heterocycles. The van der Waals surface area contributed by atoms with E-state index in [-0.39, 0.29) is 23.5 Å². The maximum atomic E-state index is 12.3. The number of carbonyl (C=O) groups excluding carboxylic acids is 1. The average Bonchev–Trinajstić information content (AvgIpc) is 2.90. The predicted octanol–water partition coefficient (Wildman–Crippen LogP) is 2.78. The van der Waals surface area contributed by atoms with Crippen LogP contribution in [0.3, 0.4) is 0 Å². The molecule has 112 valence electrons. The normalized spacial score (nSPS) is 20.8. The van der Waals surface area contributed by atoms with Crippen LogP contribution in [-0.2, 0) is 9.84 Å². The maximum absolute atomic E-state index is 12.3. The number of fused-ring (bicyclic) bond motifs is 1. The van der Waals surface area contributed by atoms with Crippen LogP contribution in [0.15, 0.2) is 18.2 Å². The zero-order valence-electron chi connectivity index (χ0n) is 11.3. The number of hydrogen-bond acceptors (Lipinski definition) is 4. The SMILES string of the molecule is Cc1ccc2c(Cl)c(C(=O)NC3CCS(=O)(=O)C3)sc2c1. The minimum Gasteiger partial charge on any atom is -0.348 e. The van der Waals surface area contributed by atoms with Gasteiger partial charge in [0.1, 0.15) is 4.88 Å². The van der Waals surface area contributed by atoms with Crippen molar-refractivity contribution in [1.29, 1.82) is 0 Å². The van der Waals surface area contributed by atoms with E-state index in [4.69, 9.17) is 11.6 Å². The van der Waals surface area contributed by atoms with Crippen LogP contribution in [0.25, 0.3) is 10.1 Å². The predicted molar refractivity (Wildman–Crippen MR) is 86.1 cm³/mol. The van der Waals surface area contributed by atoms with Crippen molar-refractivity contribution in [1.82, 2.24) is 5.32 Å². The molecule has 0 saturated carbocycles. The Balaban J connectivity index is 1.87. The third kappa shape index (κ3) is 2.93. The Kier molecular flexibility index (Phi) is 3.71. The van der Waals surface area contributed by atoms with Gasteiger partial charge < -0.3 is 5.32 Å². The number of nitrogens with one attached hydrogen (secondary N) is 1. The van der Waals surface area contributed by atoms with E-state index >= 15 is 0 Å². The van der Waals surface area contributed by atoms with Gasteiger partial charge in [0.2, 0.25) is 0 Å². The van der Waals surface area contributed by atoms with E-state index in [9.17, 15) is 13.2 Å². The molecule has 0 bridgehead atoms. The first-order valence-electron chi connectivity index (χ1n) is 6.56. The Hall–Kier alpha value is -1.11. The van der Waals surface area contributed by atoms with Gasteiger partial charge in [-0.2, -0.15) is 0 Å². The lowest BCUT2D eigenvalue weighted by Gasteiger charge is -2.09. The second-order valence-corrected chi connectivity index (χ2v) is 8.98. The molecule has 1 unspecified atom stereocenters. The summed E-state index contributed by atoms with van der Waals surface area (Å²) >= 11 is 7.61. The first-order chi connectivity index (χ1) is 9.85. The van der Waals surface area contributed by atoms with Crippen LogP contribution in [0.5, 0.6) is 0 Å². The maximum Gasteiger partial charge on any atom is 0.263 e. The highest BCUT2D eigenvalue weighted by atomic mass is 35.5. The van der Waals surface area contributed by atoms with E-state index in [1.165, 1.54) is 11.3 Å². The number of sulfone groups is 1. The van der Waals surface area contributed by atoms with E-state index in [2.05, 4.69) is 5.32 Å². The summed E-state index contributed by atoms with van der Waals surface area (Å²) in [5, 5.41) is 4.07. The van der Waals surface area contributed by atoms with E-state index in [1.807, 2.05) is 25.1 Å². The molecule has 3 rings (SSSR count). The van der Waals surface area contributed by atoms with Crippen molar-refractivity contribution in [2.45, 2.75) is 19.4 Å². The van der Waals surface area contributed by atoms with E-state index in [1.54, 1.807) is 0 Å². The zero-order chi connectivity index (χ0) is 15.2. The van der Waals surface area contributed by atoms with Gasteiger partial charge in [0, 0.05) is 16.1 Å². The first kappa shape index (κ1) is 14.8. The van der Waals surface area contributed by atoms with Gasteiger partial charge in [0.15, 0.2) is 9.84 Å². The molecule has 1 N–H and O–H groups in total. The minimum atomic E-state index is -3.01. The summed E-state index contributed by atoms with van der Waals surface area (Å²) in [7, 11) is -3.01. The lowest BCUT2D eigenvalue weighted by Crippen LogP contribution is -2.35. The molecule has 0 spiro atoms. The molecular formula is C14H14ClNO3S2. The van der Waals surface area contributed by atoms with Crippen LogP contribution >= 0.6 is 22.9 Å².